The van der Waals surface area contributed by atoms with Crippen LogP contribution >= 0.6 is 0 Å². The second-order valence-corrected chi connectivity index (χ2v) is 16.6. The number of ether oxygens (including phenoxy) is 5. The SMILES string of the molecule is CO[C@@H]1/C=C\O[C@@]2(C)Oc3c(C)c(O)c4c(c3C2=O)C(=N[C@@H]2CC[C@@H](O)O[C@H]2C)C=C(NC(=O)/C(C)=C\C(=O)[C@@H]2C[C@@H]2[C@H](O)[C@@H](C)[C@@H](O)[C@@H](C)[C@H](OC(C)=O)[C@@H]1C)C4=O. The first kappa shape index (κ1) is 43.8. The maximum atomic E-state index is 14.5. The number of hydrogen-bond acceptors (Lipinski definition) is 15. The van der Waals surface area contributed by atoms with Crippen LogP contribution in [-0.4, -0.2) is 111 Å². The zero-order chi connectivity index (χ0) is 43.4. The summed E-state index contributed by atoms with van der Waals surface area (Å²) < 4.78 is 29.3. The molecule has 4 heterocycles. The van der Waals surface area contributed by atoms with Gasteiger partial charge in [-0.05, 0) is 57.8 Å². The first-order valence-electron chi connectivity index (χ1n) is 20.0. The molecule has 4 aliphatic heterocycles. The summed E-state index contributed by atoms with van der Waals surface area (Å²) in [6.45, 7) is 12.2. The van der Waals surface area contributed by atoms with Gasteiger partial charge < -0.3 is 49.4 Å². The summed E-state index contributed by atoms with van der Waals surface area (Å²) in [7, 11) is 1.42. The smallest absolute Gasteiger partial charge is 0.312 e. The summed E-state index contributed by atoms with van der Waals surface area (Å²) in [6.07, 6.45) is 0.385. The van der Waals surface area contributed by atoms with Crippen molar-refractivity contribution in [1.29, 1.82) is 0 Å². The number of aliphatic imine (C=N–C) groups is 1. The number of benzene rings is 1. The largest absolute Gasteiger partial charge is 0.507 e. The normalized spacial score (nSPS) is 38.6. The zero-order valence-corrected chi connectivity index (χ0v) is 34.7. The molecule has 5 N–H and O–H groups in total. The van der Waals surface area contributed by atoms with Crippen molar-refractivity contribution in [3.63, 3.8) is 0 Å². The van der Waals surface area contributed by atoms with Crippen LogP contribution in [0.4, 0.5) is 0 Å². The summed E-state index contributed by atoms with van der Waals surface area (Å²) in [6, 6.07) is -0.576. The molecule has 5 bridgehead atoms. The molecule has 6 aliphatic rings. The van der Waals surface area contributed by atoms with Crippen LogP contribution in [0.25, 0.3) is 0 Å². The number of carbonyl (C=O) groups excluding carboxylic acids is 5. The number of esters is 1. The summed E-state index contributed by atoms with van der Waals surface area (Å²) in [4.78, 5) is 73.1. The van der Waals surface area contributed by atoms with Crippen LogP contribution in [0.5, 0.6) is 11.5 Å². The topological polar surface area (TPSA) is 237 Å². The van der Waals surface area contributed by atoms with Gasteiger partial charge in [-0.15, -0.1) is 0 Å². The Labute approximate surface area is 342 Å². The van der Waals surface area contributed by atoms with Crippen LogP contribution in [0.3, 0.4) is 0 Å². The number of phenols is 1. The minimum Gasteiger partial charge on any atom is -0.507 e. The third-order valence-electron chi connectivity index (χ3n) is 12.4. The van der Waals surface area contributed by atoms with Gasteiger partial charge in [0, 0.05) is 67.7 Å². The third kappa shape index (κ3) is 8.25. The molecule has 320 valence electrons. The highest BCUT2D eigenvalue weighted by Crippen LogP contribution is 2.49. The van der Waals surface area contributed by atoms with E-state index in [0.717, 1.165) is 6.08 Å². The Morgan fingerprint density at radius 1 is 0.949 bits per heavy atom. The Kier molecular flexibility index (Phi) is 12.4. The van der Waals surface area contributed by atoms with E-state index in [0.29, 0.717) is 12.8 Å². The van der Waals surface area contributed by atoms with E-state index in [9.17, 15) is 44.4 Å². The van der Waals surface area contributed by atoms with Gasteiger partial charge in [-0.25, -0.2) is 0 Å². The number of Topliss-reactive ketones (excluding diaryl/α,β-unsaturated/α-hetero) is 2. The van der Waals surface area contributed by atoms with Crippen LogP contribution in [0.15, 0.2) is 40.8 Å². The van der Waals surface area contributed by atoms with E-state index in [1.54, 1.807) is 27.7 Å². The van der Waals surface area contributed by atoms with E-state index in [2.05, 4.69) is 5.32 Å². The highest BCUT2D eigenvalue weighted by molar-refractivity contribution is 6.32. The van der Waals surface area contributed by atoms with E-state index in [1.807, 2.05) is 0 Å². The van der Waals surface area contributed by atoms with Gasteiger partial charge in [-0.2, -0.15) is 0 Å². The van der Waals surface area contributed by atoms with Crippen molar-refractivity contribution in [2.45, 2.75) is 123 Å². The number of aromatic hydroxyl groups is 1. The van der Waals surface area contributed by atoms with Gasteiger partial charge >= 0.3 is 11.8 Å². The molecule has 1 aromatic carbocycles. The van der Waals surface area contributed by atoms with Crippen molar-refractivity contribution in [3.8, 4) is 11.5 Å². The zero-order valence-electron chi connectivity index (χ0n) is 34.7. The standard InChI is InChI=1S/C43H54N2O14/c1-17-14-29(47)24-15-25(24)36(50)19(3)35(49)20(4)39(58-23(7)46)18(2)30(55-9)12-13-56-43(8)41(53)34-32-27(44-26-10-11-31(48)57-22(26)6)16-28(45-42(17)54)38(52)33(32)37(51)21(5)40(34)59-43/h12-14,16,18-20,22,24-26,30-31,35-36,39,48-51H,10-11,15H2,1-9H3,(H,45,54)/b13-12-,17-14-,44-27?/t18-,19+,20-,22+,24-,25+,26-,30-,31+,35-,36-,39-,43+/m1/s1. The van der Waals surface area contributed by atoms with Gasteiger partial charge in [0.05, 0.1) is 59.3 Å². The second kappa shape index (κ2) is 16.7. The fourth-order valence-electron chi connectivity index (χ4n) is 8.69. The highest BCUT2D eigenvalue weighted by Gasteiger charge is 2.52. The fourth-order valence-corrected chi connectivity index (χ4v) is 8.69. The molecule has 7 rings (SSSR count). The molecule has 16 nitrogen and oxygen atoms in total. The Morgan fingerprint density at radius 2 is 1.64 bits per heavy atom. The van der Waals surface area contributed by atoms with Gasteiger partial charge in [0.1, 0.15) is 17.6 Å². The van der Waals surface area contributed by atoms with Gasteiger partial charge in [0.25, 0.3) is 11.7 Å². The number of rotatable bonds is 3. The van der Waals surface area contributed by atoms with Crippen molar-refractivity contribution >= 4 is 34.9 Å². The first-order valence-corrected chi connectivity index (χ1v) is 20.0. The third-order valence-corrected chi connectivity index (χ3v) is 12.4. The van der Waals surface area contributed by atoms with Crippen molar-refractivity contribution in [3.05, 3.63) is 58.0 Å². The molecule has 16 heteroatoms. The Balaban J connectivity index is 1.48. The number of nitrogens with one attached hydrogen (secondary N) is 1. The number of aliphatic hydroxyl groups is 3. The quantitative estimate of drug-likeness (QED) is 0.276. The maximum Gasteiger partial charge on any atom is 0.312 e. The molecule has 1 saturated carbocycles. The summed E-state index contributed by atoms with van der Waals surface area (Å²) in [5, 5.41) is 47.2. The molecule has 1 amide bonds. The van der Waals surface area contributed by atoms with E-state index in [-0.39, 0.29) is 51.4 Å². The van der Waals surface area contributed by atoms with Gasteiger partial charge in [-0.3, -0.25) is 29.0 Å². The minimum atomic E-state index is -2.03. The van der Waals surface area contributed by atoms with Crippen LogP contribution in [-0.2, 0) is 33.3 Å². The monoisotopic (exact) mass is 822 g/mol. The summed E-state index contributed by atoms with van der Waals surface area (Å²) in [5.74, 6) is -9.25. The number of hydrogen-bond donors (Lipinski definition) is 5. The Bertz CT molecular complexity index is 2050. The fraction of sp³-hybridized carbons (Fsp3) is 0.581. The number of phenolic OH excluding ortho intramolecular Hbond substituents is 1. The maximum absolute atomic E-state index is 14.5. The number of methoxy groups -OCH3 is 1. The number of ketones is 3. The number of amides is 1. The number of aliphatic hydroxyl groups excluding tert-OH is 3. The average Bonchev–Trinajstić information content (AvgIpc) is 3.94. The summed E-state index contributed by atoms with van der Waals surface area (Å²) in [5.41, 5.74) is -0.683. The number of nitrogens with zero attached hydrogens (tertiary/aromatic N) is 1. The van der Waals surface area contributed by atoms with Crippen molar-refractivity contribution in [2.75, 3.05) is 7.11 Å². The first-order chi connectivity index (χ1) is 27.7. The van der Waals surface area contributed by atoms with E-state index in [4.69, 9.17) is 28.7 Å². The van der Waals surface area contributed by atoms with E-state index >= 15 is 0 Å². The lowest BCUT2D eigenvalue weighted by molar-refractivity contribution is -0.162. The molecule has 0 unspecified atom stereocenters. The van der Waals surface area contributed by atoms with Crippen molar-refractivity contribution in [1.82, 2.24) is 5.32 Å². The Hall–Kier alpha value is -4.74. The molecule has 0 aromatic heterocycles. The van der Waals surface area contributed by atoms with Crippen LogP contribution in [0.1, 0.15) is 99.6 Å². The average molecular weight is 823 g/mol. The van der Waals surface area contributed by atoms with Crippen LogP contribution in [0, 0.1) is 36.5 Å². The Morgan fingerprint density at radius 3 is 2.29 bits per heavy atom. The molecule has 2 aliphatic carbocycles. The predicted molar refractivity (Wildman–Crippen MR) is 209 cm³/mol. The minimum absolute atomic E-state index is 0.0441. The van der Waals surface area contributed by atoms with E-state index < -0.39 is 113 Å². The van der Waals surface area contributed by atoms with E-state index in [1.165, 1.54) is 53.2 Å². The number of carbonyl (C=O) groups is 5. The molecule has 2 fully saturated rings. The molecular formula is C43H54N2O14. The lowest BCUT2D eigenvalue weighted by atomic mass is 9.79. The number of allylic oxidation sites excluding steroid dienone is 3. The second-order valence-electron chi connectivity index (χ2n) is 16.6. The van der Waals surface area contributed by atoms with Crippen LogP contribution < -0.4 is 10.1 Å². The summed E-state index contributed by atoms with van der Waals surface area (Å²) >= 11 is 0. The molecule has 13 atom stereocenters. The van der Waals surface area contributed by atoms with Crippen molar-refractivity contribution in [2.24, 2.45) is 34.6 Å². The van der Waals surface area contributed by atoms with Gasteiger partial charge in [0.2, 0.25) is 5.78 Å². The van der Waals surface area contributed by atoms with Gasteiger partial charge in [-0.1, -0.05) is 20.8 Å². The lowest BCUT2D eigenvalue weighted by Crippen LogP contribution is -2.46. The van der Waals surface area contributed by atoms with Crippen molar-refractivity contribution < 1.29 is 68.1 Å². The number of fused-ring (bicyclic) bond motifs is 12. The highest BCUT2D eigenvalue weighted by atomic mass is 16.7. The van der Waals surface area contributed by atoms with Gasteiger partial charge in [0.15, 0.2) is 12.1 Å². The molecule has 0 radical (unpaired) electrons. The molecule has 1 aromatic rings. The molecular weight excluding hydrogens is 768 g/mol. The lowest BCUT2D eigenvalue weighted by Gasteiger charge is -2.37. The molecule has 59 heavy (non-hydrogen) atoms. The molecule has 1 saturated heterocycles. The predicted octanol–water partition coefficient (Wildman–Crippen LogP) is 3.14. The molecule has 0 spiro atoms. The van der Waals surface area contributed by atoms with Crippen LogP contribution in [0.2, 0.25) is 0 Å².